The third-order valence-electron chi connectivity index (χ3n) is 5.73. The van der Waals surface area contributed by atoms with Crippen molar-refractivity contribution >= 4 is 73.8 Å². The van der Waals surface area contributed by atoms with Gasteiger partial charge in [-0.1, -0.05) is 77.8 Å². The van der Waals surface area contributed by atoms with Crippen LogP contribution in [0.3, 0.4) is 0 Å². The van der Waals surface area contributed by atoms with Gasteiger partial charge in [0.05, 0.1) is 10.9 Å². The lowest BCUT2D eigenvalue weighted by Gasteiger charge is -2.10. The summed E-state index contributed by atoms with van der Waals surface area (Å²) in [6.07, 6.45) is 4.01. The molecule has 1 amide bonds. The number of pyridine rings is 1. The molecule has 38 heavy (non-hydrogen) atoms. The van der Waals surface area contributed by atoms with Crippen LogP contribution in [0.15, 0.2) is 77.0 Å². The van der Waals surface area contributed by atoms with E-state index in [2.05, 4.69) is 9.97 Å². The Morgan fingerprint density at radius 1 is 0.974 bits per heavy atom. The fraction of sp³-hybridized carbons (Fsp3) is 0.0741. The van der Waals surface area contributed by atoms with E-state index in [0.717, 1.165) is 28.0 Å². The Kier molecular flexibility index (Phi) is 7.36. The maximum atomic E-state index is 12.8. The van der Waals surface area contributed by atoms with Crippen LogP contribution >= 0.6 is 34.5 Å². The molecule has 0 radical (unpaired) electrons. The van der Waals surface area contributed by atoms with Crippen LogP contribution in [0.1, 0.15) is 33.0 Å². The maximum Gasteiger partial charge on any atom is 0.283 e. The van der Waals surface area contributed by atoms with Crippen LogP contribution < -0.4 is 4.72 Å². The largest absolute Gasteiger partial charge is 0.308 e. The second-order valence-corrected chi connectivity index (χ2v) is 12.4. The van der Waals surface area contributed by atoms with Crippen molar-refractivity contribution < 1.29 is 13.2 Å². The van der Waals surface area contributed by atoms with Crippen molar-refractivity contribution in [3.63, 3.8) is 0 Å². The van der Waals surface area contributed by atoms with Gasteiger partial charge in [0.2, 0.25) is 0 Å². The number of fused-ring (bicyclic) bond motifs is 1. The molecular formula is C27H20Cl2N4O3S2. The first-order valence-electron chi connectivity index (χ1n) is 11.4. The molecule has 3 aromatic heterocycles. The fourth-order valence-corrected chi connectivity index (χ4v) is 6.51. The number of benzene rings is 2. The van der Waals surface area contributed by atoms with Gasteiger partial charge in [-0.2, -0.15) is 0 Å². The second-order valence-electron chi connectivity index (χ2n) is 8.37. The van der Waals surface area contributed by atoms with E-state index in [1.54, 1.807) is 6.07 Å². The molecular weight excluding hydrogens is 563 g/mol. The zero-order valence-electron chi connectivity index (χ0n) is 19.9. The minimum absolute atomic E-state index is 0.0580. The third kappa shape index (κ3) is 5.66. The van der Waals surface area contributed by atoms with Gasteiger partial charge in [-0.3, -0.25) is 4.79 Å². The standard InChI is InChI=1S/C27H20Cl2N4O3S2/c1-17-30-22-11-12-23(27(34)32-38(35,36)25-14-13-24(29)37-25)31-26(22)33(17)16-20-10-9-19(15-21(20)28)8-7-18-5-3-2-4-6-18/h2-15H,16H2,1H3,(H,32,34). The van der Waals surface area contributed by atoms with E-state index >= 15 is 0 Å². The lowest BCUT2D eigenvalue weighted by molar-refractivity contribution is 0.0977. The molecule has 0 unspecified atom stereocenters. The van der Waals surface area contributed by atoms with Crippen molar-refractivity contribution in [2.24, 2.45) is 0 Å². The number of carbonyl (C=O) groups is 1. The Morgan fingerprint density at radius 3 is 2.45 bits per heavy atom. The van der Waals surface area contributed by atoms with Crippen molar-refractivity contribution in [2.45, 2.75) is 17.7 Å². The lowest BCUT2D eigenvalue weighted by atomic mass is 10.1. The topological polar surface area (TPSA) is 93.9 Å². The molecule has 0 aliphatic heterocycles. The van der Waals surface area contributed by atoms with E-state index in [1.165, 1.54) is 18.2 Å². The highest BCUT2D eigenvalue weighted by Gasteiger charge is 2.22. The molecule has 0 spiro atoms. The van der Waals surface area contributed by atoms with Crippen LogP contribution in [-0.2, 0) is 16.6 Å². The van der Waals surface area contributed by atoms with Crippen molar-refractivity contribution in [3.8, 4) is 0 Å². The van der Waals surface area contributed by atoms with E-state index < -0.39 is 15.9 Å². The van der Waals surface area contributed by atoms with Gasteiger partial charge in [0, 0.05) is 5.02 Å². The number of nitrogens with zero attached hydrogens (tertiary/aromatic N) is 3. The van der Waals surface area contributed by atoms with Gasteiger partial charge in [-0.25, -0.2) is 23.1 Å². The molecule has 5 aromatic rings. The van der Waals surface area contributed by atoms with E-state index in [-0.39, 0.29) is 9.90 Å². The van der Waals surface area contributed by atoms with Crippen LogP contribution in [0.25, 0.3) is 23.3 Å². The Morgan fingerprint density at radius 2 is 1.74 bits per heavy atom. The fourth-order valence-electron chi connectivity index (χ4n) is 3.82. The molecule has 0 saturated carbocycles. The highest BCUT2D eigenvalue weighted by Crippen LogP contribution is 2.26. The van der Waals surface area contributed by atoms with Gasteiger partial charge in [-0.05, 0) is 53.9 Å². The molecule has 1 N–H and O–H groups in total. The normalized spacial score (nSPS) is 11.9. The lowest BCUT2D eigenvalue weighted by Crippen LogP contribution is -2.30. The minimum Gasteiger partial charge on any atom is -0.308 e. The number of hydrogen-bond donors (Lipinski definition) is 1. The van der Waals surface area contributed by atoms with E-state index in [9.17, 15) is 13.2 Å². The first-order valence-corrected chi connectivity index (χ1v) is 14.4. The van der Waals surface area contributed by atoms with Gasteiger partial charge < -0.3 is 4.57 Å². The van der Waals surface area contributed by atoms with Crippen LogP contribution in [0.4, 0.5) is 0 Å². The number of aryl methyl sites for hydroxylation is 1. The smallest absolute Gasteiger partial charge is 0.283 e. The van der Waals surface area contributed by atoms with Crippen molar-refractivity contribution in [1.82, 2.24) is 19.3 Å². The van der Waals surface area contributed by atoms with Gasteiger partial charge in [-0.15, -0.1) is 11.3 Å². The molecule has 7 nitrogen and oxygen atoms in total. The zero-order chi connectivity index (χ0) is 26.9. The van der Waals surface area contributed by atoms with Crippen LogP contribution in [-0.4, -0.2) is 28.9 Å². The summed E-state index contributed by atoms with van der Waals surface area (Å²) in [5.74, 6) is -0.176. The average Bonchev–Trinajstić information content (AvgIpc) is 3.47. The van der Waals surface area contributed by atoms with Crippen molar-refractivity contribution in [2.75, 3.05) is 0 Å². The van der Waals surface area contributed by atoms with Gasteiger partial charge in [0.15, 0.2) is 5.65 Å². The monoisotopic (exact) mass is 582 g/mol. The molecule has 3 heterocycles. The molecule has 2 aromatic carbocycles. The molecule has 0 saturated heterocycles. The summed E-state index contributed by atoms with van der Waals surface area (Å²) < 4.78 is 29.2. The SMILES string of the molecule is Cc1nc2ccc(C(=O)NS(=O)(=O)c3ccc(Cl)s3)nc2n1Cc1ccc(C=Cc2ccccc2)cc1Cl. The van der Waals surface area contributed by atoms with Gasteiger partial charge >= 0.3 is 0 Å². The van der Waals surface area contributed by atoms with Gasteiger partial charge in [0.25, 0.3) is 15.9 Å². The second kappa shape index (κ2) is 10.7. The minimum atomic E-state index is -4.08. The van der Waals surface area contributed by atoms with Crippen LogP contribution in [0.2, 0.25) is 9.36 Å². The van der Waals surface area contributed by atoms with Crippen LogP contribution in [0.5, 0.6) is 0 Å². The predicted octanol–water partition coefficient (Wildman–Crippen LogP) is 6.45. The number of rotatable bonds is 7. The number of sulfonamides is 1. The summed E-state index contributed by atoms with van der Waals surface area (Å²) in [5.41, 5.74) is 3.85. The number of thiophene rings is 1. The summed E-state index contributed by atoms with van der Waals surface area (Å²) in [5, 5.41) is 0.580. The molecule has 0 aliphatic carbocycles. The predicted molar refractivity (Wildman–Crippen MR) is 152 cm³/mol. The number of halogens is 2. The summed E-state index contributed by atoms with van der Waals surface area (Å²) >= 11 is 13.3. The quantitative estimate of drug-likeness (QED) is 0.223. The number of amides is 1. The average molecular weight is 584 g/mol. The van der Waals surface area contributed by atoms with Crippen LogP contribution in [0, 0.1) is 6.92 Å². The summed E-state index contributed by atoms with van der Waals surface area (Å²) in [6.45, 7) is 2.20. The number of hydrogen-bond acceptors (Lipinski definition) is 6. The number of nitrogens with one attached hydrogen (secondary N) is 1. The molecule has 192 valence electrons. The van der Waals surface area contributed by atoms with E-state index in [0.29, 0.717) is 32.9 Å². The van der Waals surface area contributed by atoms with E-state index in [1.807, 2.05) is 76.9 Å². The molecule has 0 atom stereocenters. The molecule has 11 heteroatoms. The highest BCUT2D eigenvalue weighted by molar-refractivity contribution is 7.92. The molecule has 0 fully saturated rings. The number of carbonyl (C=O) groups excluding carboxylic acids is 1. The summed E-state index contributed by atoms with van der Waals surface area (Å²) in [6, 6.07) is 21.6. The Hall–Kier alpha value is -3.50. The zero-order valence-corrected chi connectivity index (χ0v) is 23.1. The summed E-state index contributed by atoms with van der Waals surface area (Å²) in [4.78, 5) is 21.7. The Balaban J connectivity index is 1.39. The van der Waals surface area contributed by atoms with E-state index in [4.69, 9.17) is 23.2 Å². The van der Waals surface area contributed by atoms with Crippen molar-refractivity contribution in [1.29, 1.82) is 0 Å². The van der Waals surface area contributed by atoms with Gasteiger partial charge in [0.1, 0.15) is 21.2 Å². The third-order valence-corrected chi connectivity index (χ3v) is 9.14. The first kappa shape index (κ1) is 26.1. The molecule has 0 bridgehead atoms. The number of aromatic nitrogens is 3. The maximum absolute atomic E-state index is 12.8. The summed E-state index contributed by atoms with van der Waals surface area (Å²) in [7, 11) is -4.08. The Labute approximate surface area is 233 Å². The molecule has 5 rings (SSSR count). The highest BCUT2D eigenvalue weighted by atomic mass is 35.5. The first-order chi connectivity index (χ1) is 18.2. The van der Waals surface area contributed by atoms with Crippen molar-refractivity contribution in [3.05, 3.63) is 110 Å². The number of imidazole rings is 1. The molecule has 0 aliphatic rings. The Bertz CT molecular complexity index is 1800.